The van der Waals surface area contributed by atoms with Crippen LogP contribution in [0.4, 0.5) is 0 Å². The molecule has 0 N–H and O–H groups in total. The average Bonchev–Trinajstić information content (AvgIpc) is 2.36. The first-order valence-electron chi connectivity index (χ1n) is 4.82. The van der Waals surface area contributed by atoms with Crippen molar-refractivity contribution in [3.8, 4) is 11.5 Å². The smallest absolute Gasteiger partial charge is 0.310 e. The van der Waals surface area contributed by atoms with E-state index in [0.29, 0.717) is 30.5 Å². The zero-order valence-electron chi connectivity index (χ0n) is 9.97. The van der Waals surface area contributed by atoms with E-state index in [1.165, 1.54) is 14.2 Å². The highest BCUT2D eigenvalue weighted by Crippen LogP contribution is 2.47. The maximum Gasteiger partial charge on any atom is 0.310 e. The minimum atomic E-state index is -0.356. The fourth-order valence-corrected chi connectivity index (χ4v) is 3.50. The number of carbonyl (C=O) groups excluding carboxylic acids is 1. The third-order valence-corrected chi connectivity index (χ3v) is 5.17. The van der Waals surface area contributed by atoms with Gasteiger partial charge in [0.05, 0.1) is 41.2 Å². The number of esters is 1. The first-order chi connectivity index (χ1) is 8.47. The van der Waals surface area contributed by atoms with E-state index in [4.69, 9.17) is 9.47 Å². The number of halogens is 3. The topological polar surface area (TPSA) is 44.8 Å². The highest BCUT2D eigenvalue weighted by atomic mass is 79.9. The Labute approximate surface area is 130 Å². The van der Waals surface area contributed by atoms with Gasteiger partial charge in [-0.3, -0.25) is 4.79 Å². The molecule has 0 atom stereocenters. The summed E-state index contributed by atoms with van der Waals surface area (Å²) >= 11 is 10.2. The minimum absolute atomic E-state index is 0.0858. The average molecular weight is 447 g/mol. The number of ether oxygens (including phenoxy) is 3. The lowest BCUT2D eigenvalue weighted by Gasteiger charge is -2.17. The number of benzene rings is 1. The Morgan fingerprint density at radius 1 is 0.944 bits per heavy atom. The molecule has 0 amide bonds. The monoisotopic (exact) mass is 444 g/mol. The van der Waals surface area contributed by atoms with Crippen LogP contribution in [0.2, 0.25) is 0 Å². The van der Waals surface area contributed by atoms with Crippen molar-refractivity contribution in [3.63, 3.8) is 0 Å². The molecule has 7 heteroatoms. The van der Waals surface area contributed by atoms with E-state index in [1.807, 2.05) is 0 Å². The van der Waals surface area contributed by atoms with Gasteiger partial charge in [-0.25, -0.2) is 0 Å². The van der Waals surface area contributed by atoms with E-state index in [9.17, 15) is 4.79 Å². The molecule has 18 heavy (non-hydrogen) atoms. The van der Waals surface area contributed by atoms with Crippen molar-refractivity contribution in [3.05, 3.63) is 19.0 Å². The molecule has 0 spiro atoms. The summed E-state index contributed by atoms with van der Waals surface area (Å²) in [7, 11) is 4.42. The van der Waals surface area contributed by atoms with Gasteiger partial charge in [-0.2, -0.15) is 0 Å². The molecule has 100 valence electrons. The van der Waals surface area contributed by atoms with Crippen LogP contribution < -0.4 is 9.47 Å². The van der Waals surface area contributed by atoms with Crippen LogP contribution in [0.1, 0.15) is 5.56 Å². The highest BCUT2D eigenvalue weighted by Gasteiger charge is 2.23. The standard InChI is InChI=1S/C11H11Br3O4/c1-16-6(15)4-5-7(12)11(18-3)9(14)8(13)10(5)17-2/h4H2,1-3H3. The molecule has 0 aliphatic carbocycles. The fourth-order valence-electron chi connectivity index (χ4n) is 1.43. The van der Waals surface area contributed by atoms with Crippen molar-refractivity contribution in [1.82, 2.24) is 0 Å². The van der Waals surface area contributed by atoms with Gasteiger partial charge in [0.25, 0.3) is 0 Å². The minimum Gasteiger partial charge on any atom is -0.495 e. The molecule has 0 fully saturated rings. The lowest BCUT2D eigenvalue weighted by molar-refractivity contribution is -0.139. The normalized spacial score (nSPS) is 10.1. The molecule has 1 rings (SSSR count). The van der Waals surface area contributed by atoms with Gasteiger partial charge in [0.2, 0.25) is 0 Å². The van der Waals surface area contributed by atoms with Crippen LogP contribution >= 0.6 is 47.8 Å². The Morgan fingerprint density at radius 3 is 1.89 bits per heavy atom. The van der Waals surface area contributed by atoms with E-state index >= 15 is 0 Å². The summed E-state index contributed by atoms with van der Waals surface area (Å²) in [6, 6.07) is 0. The van der Waals surface area contributed by atoms with E-state index in [-0.39, 0.29) is 12.4 Å². The van der Waals surface area contributed by atoms with Crippen LogP contribution in [-0.4, -0.2) is 27.3 Å². The number of methoxy groups -OCH3 is 3. The molecular formula is C11H11Br3O4. The Balaban J connectivity index is 3.46. The third kappa shape index (κ3) is 3.00. The summed E-state index contributed by atoms with van der Waals surface area (Å²) in [5.74, 6) is 0.784. The molecule has 1 aromatic rings. The number of hydrogen-bond donors (Lipinski definition) is 0. The molecule has 0 aromatic heterocycles. The Kier molecular flexibility index (Phi) is 5.94. The molecule has 0 heterocycles. The van der Waals surface area contributed by atoms with Gasteiger partial charge < -0.3 is 14.2 Å². The maximum atomic E-state index is 11.4. The molecule has 0 radical (unpaired) electrons. The predicted octanol–water partition coefficient (Wildman–Crippen LogP) is 3.71. The fraction of sp³-hybridized carbons (Fsp3) is 0.364. The van der Waals surface area contributed by atoms with Crippen molar-refractivity contribution in [2.75, 3.05) is 21.3 Å². The van der Waals surface area contributed by atoms with Gasteiger partial charge in [0.1, 0.15) is 11.5 Å². The van der Waals surface area contributed by atoms with Gasteiger partial charge in [0, 0.05) is 5.56 Å². The number of carbonyl (C=O) groups is 1. The summed E-state index contributed by atoms with van der Waals surface area (Å²) in [5, 5.41) is 0. The summed E-state index contributed by atoms with van der Waals surface area (Å²) in [4.78, 5) is 11.4. The first-order valence-corrected chi connectivity index (χ1v) is 7.19. The quantitative estimate of drug-likeness (QED) is 0.522. The van der Waals surface area contributed by atoms with Gasteiger partial charge in [-0.15, -0.1) is 0 Å². The molecule has 0 saturated carbocycles. The second-order valence-corrected chi connectivity index (χ2v) is 5.62. The van der Waals surface area contributed by atoms with E-state index < -0.39 is 0 Å². The SMILES string of the molecule is COC(=O)Cc1c(Br)c(OC)c(Br)c(Br)c1OC. The van der Waals surface area contributed by atoms with Crippen molar-refractivity contribution >= 4 is 53.8 Å². The lowest BCUT2D eigenvalue weighted by atomic mass is 10.1. The molecule has 0 unspecified atom stereocenters. The van der Waals surface area contributed by atoms with Gasteiger partial charge >= 0.3 is 5.97 Å². The molecule has 4 nitrogen and oxygen atoms in total. The van der Waals surface area contributed by atoms with Crippen LogP contribution in [0.3, 0.4) is 0 Å². The van der Waals surface area contributed by atoms with E-state index in [1.54, 1.807) is 7.11 Å². The Bertz CT molecular complexity index is 474. The van der Waals surface area contributed by atoms with Crippen molar-refractivity contribution < 1.29 is 19.0 Å². The Hall–Kier alpha value is -0.270. The van der Waals surface area contributed by atoms with Gasteiger partial charge in [-0.05, 0) is 47.8 Å². The molecular weight excluding hydrogens is 436 g/mol. The molecule has 0 saturated heterocycles. The lowest BCUT2D eigenvalue weighted by Crippen LogP contribution is -2.08. The van der Waals surface area contributed by atoms with Crippen LogP contribution in [0, 0.1) is 0 Å². The molecule has 0 bridgehead atoms. The third-order valence-electron chi connectivity index (χ3n) is 2.29. The van der Waals surface area contributed by atoms with Crippen LogP contribution in [0.15, 0.2) is 13.4 Å². The Morgan fingerprint density at radius 2 is 1.44 bits per heavy atom. The van der Waals surface area contributed by atoms with Crippen molar-refractivity contribution in [2.24, 2.45) is 0 Å². The van der Waals surface area contributed by atoms with Crippen molar-refractivity contribution in [2.45, 2.75) is 6.42 Å². The maximum absolute atomic E-state index is 11.4. The van der Waals surface area contributed by atoms with Crippen LogP contribution in [0.25, 0.3) is 0 Å². The zero-order valence-corrected chi connectivity index (χ0v) is 14.7. The van der Waals surface area contributed by atoms with Crippen LogP contribution in [0.5, 0.6) is 11.5 Å². The second kappa shape index (κ2) is 6.77. The second-order valence-electron chi connectivity index (χ2n) is 3.24. The highest BCUT2D eigenvalue weighted by molar-refractivity contribution is 9.13. The van der Waals surface area contributed by atoms with Crippen molar-refractivity contribution in [1.29, 1.82) is 0 Å². The predicted molar refractivity (Wildman–Crippen MR) is 78.4 cm³/mol. The van der Waals surface area contributed by atoms with Gasteiger partial charge in [0.15, 0.2) is 0 Å². The van der Waals surface area contributed by atoms with E-state index in [2.05, 4.69) is 52.5 Å². The van der Waals surface area contributed by atoms with Crippen LogP contribution in [-0.2, 0) is 16.0 Å². The summed E-state index contributed by atoms with van der Waals surface area (Å²) in [6.07, 6.45) is 0.0858. The number of rotatable bonds is 4. The summed E-state index contributed by atoms with van der Waals surface area (Å²) < 4.78 is 17.3. The number of hydrogen-bond acceptors (Lipinski definition) is 4. The molecule has 0 aliphatic rings. The zero-order chi connectivity index (χ0) is 13.9. The van der Waals surface area contributed by atoms with Gasteiger partial charge in [-0.1, -0.05) is 0 Å². The van der Waals surface area contributed by atoms with E-state index in [0.717, 1.165) is 0 Å². The first kappa shape index (κ1) is 15.8. The molecule has 1 aromatic carbocycles. The largest absolute Gasteiger partial charge is 0.495 e. The summed E-state index contributed by atoms with van der Waals surface area (Å²) in [6.45, 7) is 0. The molecule has 0 aliphatic heterocycles. The summed E-state index contributed by atoms with van der Waals surface area (Å²) in [5.41, 5.74) is 0.663.